The van der Waals surface area contributed by atoms with Gasteiger partial charge in [0.05, 0.1) is 20.3 Å². The molecule has 1 atom stereocenters. The lowest BCUT2D eigenvalue weighted by Crippen LogP contribution is -2.35. The van der Waals surface area contributed by atoms with E-state index in [1.807, 2.05) is 31.2 Å². The fourth-order valence-electron chi connectivity index (χ4n) is 3.76. The Morgan fingerprint density at radius 1 is 0.784 bits per heavy atom. The summed E-state index contributed by atoms with van der Waals surface area (Å²) in [5.41, 5.74) is 3.01. The molecule has 0 aliphatic carbocycles. The molecule has 0 fully saturated rings. The van der Waals surface area contributed by atoms with Crippen molar-refractivity contribution in [3.8, 4) is 23.0 Å². The number of ketones is 2. The fraction of sp³-hybridized carbons (Fsp3) is 0.200. The number of hydrogen-bond acceptors (Lipinski definition) is 7. The molecule has 3 N–H and O–H groups in total. The number of ether oxygens (including phenoxy) is 2. The number of allylic oxidation sites excluding steroid dienone is 2. The Morgan fingerprint density at radius 3 is 1.68 bits per heavy atom. The first-order chi connectivity index (χ1) is 17.7. The van der Waals surface area contributed by atoms with Crippen LogP contribution in [-0.2, 0) is 16.0 Å². The lowest BCUT2D eigenvalue weighted by molar-refractivity contribution is -0.131. The largest absolute Gasteiger partial charge is 0.504 e. The molecular weight excluding hydrogens is 472 g/mol. The van der Waals surface area contributed by atoms with E-state index in [0.29, 0.717) is 11.1 Å². The molecule has 0 aliphatic rings. The van der Waals surface area contributed by atoms with Gasteiger partial charge in [-0.1, -0.05) is 54.1 Å². The molecule has 192 valence electrons. The van der Waals surface area contributed by atoms with Crippen molar-refractivity contribution in [3.63, 3.8) is 0 Å². The average molecular weight is 503 g/mol. The Morgan fingerprint density at radius 2 is 1.24 bits per heavy atom. The molecule has 0 aromatic heterocycles. The van der Waals surface area contributed by atoms with E-state index >= 15 is 0 Å². The molecule has 0 unspecified atom stereocenters. The first kappa shape index (κ1) is 27.2. The van der Waals surface area contributed by atoms with Crippen LogP contribution in [0.5, 0.6) is 23.0 Å². The molecule has 0 radical (unpaired) electrons. The predicted octanol–water partition coefficient (Wildman–Crippen LogP) is 4.51. The van der Waals surface area contributed by atoms with Crippen molar-refractivity contribution < 1.29 is 34.4 Å². The monoisotopic (exact) mass is 502 g/mol. The van der Waals surface area contributed by atoms with Crippen LogP contribution < -0.4 is 9.47 Å². The zero-order chi connectivity index (χ0) is 26.9. The molecule has 3 aromatic carbocycles. The number of carbonyl (C=O) groups is 2. The van der Waals surface area contributed by atoms with Crippen molar-refractivity contribution in [2.45, 2.75) is 19.4 Å². The van der Waals surface area contributed by atoms with Gasteiger partial charge in [-0.3, -0.25) is 9.59 Å². The molecule has 3 rings (SSSR count). The van der Waals surface area contributed by atoms with Crippen molar-refractivity contribution in [1.29, 1.82) is 0 Å². The highest BCUT2D eigenvalue weighted by Crippen LogP contribution is 2.28. The normalized spacial score (nSPS) is 12.2. The van der Waals surface area contributed by atoms with E-state index in [-0.39, 0.29) is 29.4 Å². The van der Waals surface area contributed by atoms with Crippen LogP contribution in [0.2, 0.25) is 0 Å². The number of aliphatic hydroxyl groups excluding tert-OH is 1. The maximum absolute atomic E-state index is 13.2. The SMILES string of the molecule is COc1cc(/C=C\C(=O)C(C(=O)/C=C\c2ccc(O)c(OC)c2)[C@@H](O)Cc2ccc(C)cc2)ccc1O. The fourth-order valence-corrected chi connectivity index (χ4v) is 3.76. The summed E-state index contributed by atoms with van der Waals surface area (Å²) in [5, 5.41) is 30.6. The zero-order valence-electron chi connectivity index (χ0n) is 20.9. The minimum absolute atomic E-state index is 0.0384. The van der Waals surface area contributed by atoms with Crippen molar-refractivity contribution in [3.05, 3.63) is 95.1 Å². The second-order valence-corrected chi connectivity index (χ2v) is 8.57. The third-order valence-electron chi connectivity index (χ3n) is 5.85. The van der Waals surface area contributed by atoms with Gasteiger partial charge in [0.15, 0.2) is 34.6 Å². The van der Waals surface area contributed by atoms with E-state index in [2.05, 4.69) is 0 Å². The van der Waals surface area contributed by atoms with Crippen LogP contribution in [0.1, 0.15) is 22.3 Å². The number of carbonyl (C=O) groups excluding carboxylic acids is 2. The molecule has 0 saturated carbocycles. The summed E-state index contributed by atoms with van der Waals surface area (Å²) < 4.78 is 10.2. The summed E-state index contributed by atoms with van der Waals surface area (Å²) in [6, 6.07) is 16.7. The standard InChI is InChI=1S/C30H30O7/c1-19-4-6-20(7-5-19)16-27(35)30(25(33)14-10-21-8-12-23(31)28(17-21)36-2)26(34)15-11-22-9-13-24(32)29(18-22)37-3/h4-15,17-18,27,30-32,35H,16H2,1-3H3/b14-10-,15-11-/t27-/m0/s1. The van der Waals surface area contributed by atoms with Gasteiger partial charge in [-0.2, -0.15) is 0 Å². The number of benzene rings is 3. The van der Waals surface area contributed by atoms with Gasteiger partial charge in [-0.25, -0.2) is 0 Å². The van der Waals surface area contributed by atoms with Gasteiger partial charge in [0.25, 0.3) is 0 Å². The number of phenolic OH excluding ortho intramolecular Hbond substituents is 2. The van der Waals surface area contributed by atoms with E-state index in [9.17, 15) is 24.9 Å². The Bertz CT molecular complexity index is 1230. The smallest absolute Gasteiger partial charge is 0.169 e. The van der Waals surface area contributed by atoms with Crippen molar-refractivity contribution in [1.82, 2.24) is 0 Å². The quantitative estimate of drug-likeness (QED) is 0.261. The van der Waals surface area contributed by atoms with E-state index < -0.39 is 23.6 Å². The topological polar surface area (TPSA) is 113 Å². The maximum atomic E-state index is 13.2. The summed E-state index contributed by atoms with van der Waals surface area (Å²) >= 11 is 0. The third kappa shape index (κ3) is 7.32. The van der Waals surface area contributed by atoms with Gasteiger partial charge in [0.2, 0.25) is 0 Å². The first-order valence-electron chi connectivity index (χ1n) is 11.6. The van der Waals surface area contributed by atoms with Crippen LogP contribution in [0, 0.1) is 12.8 Å². The van der Waals surface area contributed by atoms with E-state index in [1.54, 1.807) is 24.3 Å². The van der Waals surface area contributed by atoms with Crippen LogP contribution in [0.3, 0.4) is 0 Å². The zero-order valence-corrected chi connectivity index (χ0v) is 20.9. The summed E-state index contributed by atoms with van der Waals surface area (Å²) in [5.74, 6) is -2.06. The van der Waals surface area contributed by atoms with Crippen LogP contribution in [-0.4, -0.2) is 47.2 Å². The van der Waals surface area contributed by atoms with Gasteiger partial charge < -0.3 is 24.8 Å². The molecule has 0 aliphatic heterocycles. The highest BCUT2D eigenvalue weighted by Gasteiger charge is 2.31. The Balaban J connectivity index is 1.87. The molecule has 7 nitrogen and oxygen atoms in total. The molecule has 0 amide bonds. The summed E-state index contributed by atoms with van der Waals surface area (Å²) in [6.45, 7) is 1.95. The lowest BCUT2D eigenvalue weighted by atomic mass is 9.87. The van der Waals surface area contributed by atoms with Gasteiger partial charge in [0, 0.05) is 0 Å². The third-order valence-corrected chi connectivity index (χ3v) is 5.85. The first-order valence-corrected chi connectivity index (χ1v) is 11.6. The maximum Gasteiger partial charge on any atom is 0.169 e. The molecule has 3 aromatic rings. The second-order valence-electron chi connectivity index (χ2n) is 8.57. The van der Waals surface area contributed by atoms with E-state index in [1.165, 1.54) is 50.7 Å². The van der Waals surface area contributed by atoms with Crippen molar-refractivity contribution >= 4 is 23.7 Å². The van der Waals surface area contributed by atoms with Gasteiger partial charge in [-0.05, 0) is 66.5 Å². The Kier molecular flexibility index (Phi) is 9.24. The van der Waals surface area contributed by atoms with Gasteiger partial charge in [-0.15, -0.1) is 0 Å². The number of rotatable bonds is 11. The second kappa shape index (κ2) is 12.6. The van der Waals surface area contributed by atoms with Gasteiger partial charge in [0.1, 0.15) is 5.92 Å². The number of aryl methyl sites for hydroxylation is 1. The molecule has 0 heterocycles. The number of methoxy groups -OCH3 is 2. The van der Waals surface area contributed by atoms with Crippen LogP contribution in [0.15, 0.2) is 72.8 Å². The average Bonchev–Trinajstić information content (AvgIpc) is 2.89. The minimum Gasteiger partial charge on any atom is -0.504 e. The highest BCUT2D eigenvalue weighted by atomic mass is 16.5. The molecule has 0 saturated heterocycles. The summed E-state index contributed by atoms with van der Waals surface area (Å²) in [7, 11) is 2.83. The molecule has 0 spiro atoms. The number of phenols is 2. The number of hydrogen-bond donors (Lipinski definition) is 3. The van der Waals surface area contributed by atoms with Crippen LogP contribution >= 0.6 is 0 Å². The Hall–Kier alpha value is -4.36. The number of aliphatic hydroxyl groups is 1. The van der Waals surface area contributed by atoms with E-state index in [4.69, 9.17) is 9.47 Å². The summed E-state index contributed by atoms with van der Waals surface area (Å²) in [4.78, 5) is 26.4. The van der Waals surface area contributed by atoms with Crippen molar-refractivity contribution in [2.24, 2.45) is 5.92 Å². The van der Waals surface area contributed by atoms with Crippen LogP contribution in [0.25, 0.3) is 12.2 Å². The minimum atomic E-state index is -1.34. The number of aromatic hydroxyl groups is 2. The molecule has 0 bridgehead atoms. The van der Waals surface area contributed by atoms with E-state index in [0.717, 1.165) is 11.1 Å². The Labute approximate surface area is 215 Å². The molecule has 7 heteroatoms. The summed E-state index contributed by atoms with van der Waals surface area (Å²) in [6.07, 6.45) is 4.33. The predicted molar refractivity (Wildman–Crippen MR) is 142 cm³/mol. The molecule has 37 heavy (non-hydrogen) atoms. The molecular formula is C30H30O7. The van der Waals surface area contributed by atoms with Crippen molar-refractivity contribution in [2.75, 3.05) is 14.2 Å². The van der Waals surface area contributed by atoms with Crippen LogP contribution in [0.4, 0.5) is 0 Å². The highest BCUT2D eigenvalue weighted by molar-refractivity contribution is 6.14. The van der Waals surface area contributed by atoms with Gasteiger partial charge >= 0.3 is 0 Å². The lowest BCUT2D eigenvalue weighted by Gasteiger charge is -2.19.